The fourth-order valence-corrected chi connectivity index (χ4v) is 1.69. The molecule has 100 valence electrons. The van der Waals surface area contributed by atoms with Crippen LogP contribution in [0.5, 0.6) is 5.88 Å². The predicted octanol–water partition coefficient (Wildman–Crippen LogP) is 3.16. The molecule has 3 nitrogen and oxygen atoms in total. The molecule has 0 atom stereocenters. The molecule has 1 aromatic carbocycles. The van der Waals surface area contributed by atoms with E-state index in [2.05, 4.69) is 24.1 Å². The highest BCUT2D eigenvalue weighted by Crippen LogP contribution is 2.11. The van der Waals surface area contributed by atoms with Crippen molar-refractivity contribution in [2.24, 2.45) is 0 Å². The second-order valence-corrected chi connectivity index (χ2v) is 4.81. The largest absolute Gasteiger partial charge is 0.473 e. The van der Waals surface area contributed by atoms with Gasteiger partial charge in [0.05, 0.1) is 0 Å². The fourth-order valence-electron chi connectivity index (χ4n) is 1.69. The maximum atomic E-state index is 5.70. The average Bonchev–Trinajstić information content (AvgIpc) is 2.44. The zero-order valence-electron chi connectivity index (χ0n) is 11.5. The van der Waals surface area contributed by atoms with Crippen molar-refractivity contribution < 1.29 is 4.74 Å². The van der Waals surface area contributed by atoms with Gasteiger partial charge in [0.1, 0.15) is 6.61 Å². The van der Waals surface area contributed by atoms with E-state index in [9.17, 15) is 0 Å². The van der Waals surface area contributed by atoms with Crippen LogP contribution in [0.25, 0.3) is 0 Å². The zero-order valence-corrected chi connectivity index (χ0v) is 11.5. The van der Waals surface area contributed by atoms with Crippen molar-refractivity contribution in [2.45, 2.75) is 33.0 Å². The molecule has 0 unspecified atom stereocenters. The van der Waals surface area contributed by atoms with E-state index in [0.29, 0.717) is 18.5 Å². The Labute approximate surface area is 114 Å². The number of nitrogens with zero attached hydrogens (tertiary/aromatic N) is 1. The Morgan fingerprint density at radius 1 is 1.11 bits per heavy atom. The Hall–Kier alpha value is -1.87. The lowest BCUT2D eigenvalue weighted by molar-refractivity contribution is 0.293. The van der Waals surface area contributed by atoms with E-state index in [4.69, 9.17) is 4.74 Å². The number of hydrogen-bond acceptors (Lipinski definition) is 3. The van der Waals surface area contributed by atoms with E-state index in [1.807, 2.05) is 42.5 Å². The number of hydrogen-bond donors (Lipinski definition) is 1. The minimum Gasteiger partial charge on any atom is -0.473 e. The summed E-state index contributed by atoms with van der Waals surface area (Å²) in [6, 6.07) is 14.6. The first-order chi connectivity index (χ1) is 9.24. The normalized spacial score (nSPS) is 10.7. The van der Waals surface area contributed by atoms with Gasteiger partial charge in [-0.3, -0.25) is 0 Å². The molecule has 0 saturated heterocycles. The third kappa shape index (κ3) is 4.72. The molecular formula is C16H20N2O. The Kier molecular flexibility index (Phi) is 4.93. The maximum absolute atomic E-state index is 5.70. The molecule has 0 aliphatic carbocycles. The van der Waals surface area contributed by atoms with Crippen LogP contribution in [0.2, 0.25) is 0 Å². The lowest BCUT2D eigenvalue weighted by atomic mass is 10.2. The van der Waals surface area contributed by atoms with Crippen molar-refractivity contribution in [1.82, 2.24) is 10.3 Å². The van der Waals surface area contributed by atoms with Gasteiger partial charge in [0, 0.05) is 24.8 Å². The van der Waals surface area contributed by atoms with Crippen LogP contribution < -0.4 is 10.1 Å². The molecular weight excluding hydrogens is 236 g/mol. The molecule has 19 heavy (non-hydrogen) atoms. The van der Waals surface area contributed by atoms with Gasteiger partial charge in [0.2, 0.25) is 5.88 Å². The molecule has 0 amide bonds. The van der Waals surface area contributed by atoms with Crippen LogP contribution in [-0.2, 0) is 13.2 Å². The van der Waals surface area contributed by atoms with Crippen molar-refractivity contribution in [1.29, 1.82) is 0 Å². The highest BCUT2D eigenvalue weighted by molar-refractivity contribution is 5.21. The number of benzene rings is 1. The van der Waals surface area contributed by atoms with Crippen LogP contribution in [0, 0.1) is 0 Å². The van der Waals surface area contributed by atoms with Crippen LogP contribution in [-0.4, -0.2) is 11.0 Å². The third-order valence-electron chi connectivity index (χ3n) is 2.74. The molecule has 1 heterocycles. The standard InChI is InChI=1S/C16H20N2O/c1-13(2)18-11-15-8-9-17-16(10-15)19-12-14-6-4-3-5-7-14/h3-10,13,18H,11-12H2,1-2H3. The number of pyridine rings is 1. The van der Waals surface area contributed by atoms with Gasteiger partial charge in [0.25, 0.3) is 0 Å². The van der Waals surface area contributed by atoms with Gasteiger partial charge in [-0.15, -0.1) is 0 Å². The molecule has 0 bridgehead atoms. The molecule has 1 aromatic heterocycles. The molecule has 0 aliphatic heterocycles. The SMILES string of the molecule is CC(C)NCc1ccnc(OCc2ccccc2)c1. The van der Waals surface area contributed by atoms with Crippen molar-refractivity contribution in [3.63, 3.8) is 0 Å². The van der Waals surface area contributed by atoms with Crippen molar-refractivity contribution in [2.75, 3.05) is 0 Å². The first-order valence-electron chi connectivity index (χ1n) is 6.59. The van der Waals surface area contributed by atoms with Gasteiger partial charge in [-0.05, 0) is 17.2 Å². The average molecular weight is 256 g/mol. The maximum Gasteiger partial charge on any atom is 0.213 e. The molecule has 0 spiro atoms. The molecule has 0 saturated carbocycles. The van der Waals surface area contributed by atoms with Gasteiger partial charge < -0.3 is 10.1 Å². The zero-order chi connectivity index (χ0) is 13.5. The predicted molar refractivity (Wildman–Crippen MR) is 77.0 cm³/mol. The highest BCUT2D eigenvalue weighted by Gasteiger charge is 2.00. The van der Waals surface area contributed by atoms with Crippen molar-refractivity contribution >= 4 is 0 Å². The van der Waals surface area contributed by atoms with Crippen LogP contribution in [0.4, 0.5) is 0 Å². The summed E-state index contributed by atoms with van der Waals surface area (Å²) in [5, 5.41) is 3.38. The Bertz CT molecular complexity index is 497. The molecule has 2 aromatic rings. The summed E-state index contributed by atoms with van der Waals surface area (Å²) in [6.07, 6.45) is 1.79. The summed E-state index contributed by atoms with van der Waals surface area (Å²) in [5.74, 6) is 0.673. The van der Waals surface area contributed by atoms with Gasteiger partial charge in [-0.25, -0.2) is 4.98 Å². The van der Waals surface area contributed by atoms with Gasteiger partial charge in [-0.1, -0.05) is 44.2 Å². The second kappa shape index (κ2) is 6.90. The van der Waals surface area contributed by atoms with E-state index in [1.54, 1.807) is 6.20 Å². The molecule has 0 radical (unpaired) electrons. The van der Waals surface area contributed by atoms with Crippen molar-refractivity contribution in [3.8, 4) is 5.88 Å². The second-order valence-electron chi connectivity index (χ2n) is 4.81. The summed E-state index contributed by atoms with van der Waals surface area (Å²) in [4.78, 5) is 4.23. The lowest BCUT2D eigenvalue weighted by Gasteiger charge is -2.10. The minimum atomic E-state index is 0.474. The van der Waals surface area contributed by atoms with E-state index in [0.717, 1.165) is 12.1 Å². The molecule has 3 heteroatoms. The fraction of sp³-hybridized carbons (Fsp3) is 0.312. The van der Waals surface area contributed by atoms with Crippen LogP contribution >= 0.6 is 0 Å². The number of ether oxygens (including phenoxy) is 1. The summed E-state index contributed by atoms with van der Waals surface area (Å²) in [6.45, 7) is 5.65. The summed E-state index contributed by atoms with van der Waals surface area (Å²) >= 11 is 0. The first kappa shape index (κ1) is 13.6. The van der Waals surface area contributed by atoms with Gasteiger partial charge in [-0.2, -0.15) is 0 Å². The Morgan fingerprint density at radius 2 is 1.89 bits per heavy atom. The van der Waals surface area contributed by atoms with E-state index in [1.165, 1.54) is 5.56 Å². The Morgan fingerprint density at radius 3 is 2.63 bits per heavy atom. The van der Waals surface area contributed by atoms with Crippen LogP contribution in [0.15, 0.2) is 48.7 Å². The smallest absolute Gasteiger partial charge is 0.213 e. The summed E-state index contributed by atoms with van der Waals surface area (Å²) in [7, 11) is 0. The lowest BCUT2D eigenvalue weighted by Crippen LogP contribution is -2.21. The number of rotatable bonds is 6. The molecule has 2 rings (SSSR count). The Balaban J connectivity index is 1.91. The van der Waals surface area contributed by atoms with E-state index in [-0.39, 0.29) is 0 Å². The first-order valence-corrected chi connectivity index (χ1v) is 6.59. The number of aromatic nitrogens is 1. The van der Waals surface area contributed by atoms with Crippen LogP contribution in [0.1, 0.15) is 25.0 Å². The summed E-state index contributed by atoms with van der Waals surface area (Å²) < 4.78 is 5.70. The van der Waals surface area contributed by atoms with Gasteiger partial charge in [0.15, 0.2) is 0 Å². The highest BCUT2D eigenvalue weighted by atomic mass is 16.5. The van der Waals surface area contributed by atoms with Gasteiger partial charge >= 0.3 is 0 Å². The number of nitrogens with one attached hydrogen (secondary N) is 1. The third-order valence-corrected chi connectivity index (χ3v) is 2.74. The van der Waals surface area contributed by atoms with Crippen molar-refractivity contribution in [3.05, 3.63) is 59.8 Å². The molecule has 1 N–H and O–H groups in total. The minimum absolute atomic E-state index is 0.474. The quantitative estimate of drug-likeness (QED) is 0.862. The summed E-state index contributed by atoms with van der Waals surface area (Å²) in [5.41, 5.74) is 2.33. The van der Waals surface area contributed by atoms with E-state index >= 15 is 0 Å². The monoisotopic (exact) mass is 256 g/mol. The van der Waals surface area contributed by atoms with E-state index < -0.39 is 0 Å². The molecule has 0 fully saturated rings. The topological polar surface area (TPSA) is 34.2 Å². The molecule has 0 aliphatic rings. The van der Waals surface area contributed by atoms with Crippen LogP contribution in [0.3, 0.4) is 0 Å².